The first-order chi connectivity index (χ1) is 8.86. The average Bonchev–Trinajstić information content (AvgIpc) is 2.83. The van der Waals surface area contributed by atoms with Crippen LogP contribution in [0.2, 0.25) is 0 Å². The smallest absolute Gasteiger partial charge is 0.355 e. The highest BCUT2D eigenvalue weighted by molar-refractivity contribution is 6.66. The second-order valence-electron chi connectivity index (χ2n) is 4.24. The van der Waals surface area contributed by atoms with Crippen LogP contribution in [0.15, 0.2) is 60.7 Å². The largest absolute Gasteiger partial charge is 1.00 e. The second-order valence-corrected chi connectivity index (χ2v) is 4.58. The van der Waals surface area contributed by atoms with Crippen LogP contribution in [0.3, 0.4) is 0 Å². The van der Waals surface area contributed by atoms with Gasteiger partial charge in [-0.05, 0) is 24.3 Å². The zero-order valence-corrected chi connectivity index (χ0v) is 11.8. The van der Waals surface area contributed by atoms with E-state index in [1.165, 1.54) is 0 Å². The van der Waals surface area contributed by atoms with Crippen LogP contribution in [0.25, 0.3) is 0 Å². The van der Waals surface area contributed by atoms with Gasteiger partial charge in [0.1, 0.15) is 24.5 Å². The molecule has 1 heterocycles. The minimum absolute atomic E-state index is 0. The molecule has 1 aliphatic heterocycles. The third kappa shape index (κ3) is 2.75. The molecule has 0 saturated heterocycles. The number of hydrogen-bond donors (Lipinski definition) is 0. The molecule has 3 rings (SSSR count). The molecule has 2 aromatic carbocycles. The fraction of sp³-hybridized carbons (Fsp3) is 0.133. The Kier molecular flexibility index (Phi) is 4.46. The molecule has 0 spiro atoms. The van der Waals surface area contributed by atoms with Crippen molar-refractivity contribution in [3.05, 3.63) is 60.7 Å². The fourth-order valence-electron chi connectivity index (χ4n) is 2.22. The van der Waals surface area contributed by atoms with Gasteiger partial charge in [0, 0.05) is 11.6 Å². The van der Waals surface area contributed by atoms with Crippen molar-refractivity contribution in [3.8, 4) is 0 Å². The van der Waals surface area contributed by atoms with Crippen LogP contribution < -0.4 is 17.3 Å². The van der Waals surface area contributed by atoms with Gasteiger partial charge in [-0.1, -0.05) is 36.4 Å². The lowest BCUT2D eigenvalue weighted by atomic mass is 10.3. The highest BCUT2D eigenvalue weighted by Crippen LogP contribution is 2.22. The topological polar surface area (TPSA) is 6.25 Å². The lowest BCUT2D eigenvalue weighted by Crippen LogP contribution is -3.00. The standard InChI is InChI=1S/C15H14ClN2.ClH/c16-15-17(13-7-3-1-4-8-13)11-12-18(15)14-9-5-2-6-10-14;/h1-10H,11-12H2;1H/q+1;/p-1. The Hall–Kier alpha value is -1.51. The molecule has 2 aromatic rings. The number of anilines is 1. The summed E-state index contributed by atoms with van der Waals surface area (Å²) in [5.74, 6) is 0. The molecule has 0 saturated carbocycles. The van der Waals surface area contributed by atoms with Crippen molar-refractivity contribution in [1.82, 2.24) is 0 Å². The van der Waals surface area contributed by atoms with Gasteiger partial charge in [0.15, 0.2) is 0 Å². The number of nitrogens with zero attached hydrogens (tertiary/aromatic N) is 2. The average molecular weight is 293 g/mol. The minimum Gasteiger partial charge on any atom is -1.00 e. The van der Waals surface area contributed by atoms with Crippen LogP contribution in [0, 0.1) is 0 Å². The first kappa shape index (κ1) is 13.9. The van der Waals surface area contributed by atoms with Crippen LogP contribution in [0.1, 0.15) is 0 Å². The van der Waals surface area contributed by atoms with Crippen LogP contribution in [-0.4, -0.2) is 23.0 Å². The third-order valence-corrected chi connectivity index (χ3v) is 3.54. The molecule has 0 radical (unpaired) electrons. The molecule has 0 unspecified atom stereocenters. The van der Waals surface area contributed by atoms with Crippen molar-refractivity contribution in [2.24, 2.45) is 0 Å². The van der Waals surface area contributed by atoms with E-state index in [-0.39, 0.29) is 12.4 Å². The Labute approximate surface area is 124 Å². The number of benzene rings is 2. The number of rotatable bonds is 2. The molecule has 1 aliphatic rings. The Morgan fingerprint density at radius 1 is 0.895 bits per heavy atom. The van der Waals surface area contributed by atoms with Gasteiger partial charge in [-0.15, -0.1) is 0 Å². The molecular weight excluding hydrogens is 279 g/mol. The summed E-state index contributed by atoms with van der Waals surface area (Å²) in [7, 11) is 0. The predicted octanol–water partition coefficient (Wildman–Crippen LogP) is 0.450. The van der Waals surface area contributed by atoms with E-state index in [9.17, 15) is 0 Å². The van der Waals surface area contributed by atoms with Gasteiger partial charge >= 0.3 is 5.29 Å². The quantitative estimate of drug-likeness (QED) is 0.575. The van der Waals surface area contributed by atoms with E-state index in [2.05, 4.69) is 33.7 Å². The number of para-hydroxylation sites is 2. The SMILES string of the molecule is ClC1=[N+](c2ccccc2)CCN1c1ccccc1.[Cl-]. The van der Waals surface area contributed by atoms with E-state index < -0.39 is 0 Å². The molecular formula is C15H14Cl2N2. The fourth-order valence-corrected chi connectivity index (χ4v) is 2.58. The summed E-state index contributed by atoms with van der Waals surface area (Å²) in [6.45, 7) is 1.83. The molecule has 0 aromatic heterocycles. The molecule has 2 nitrogen and oxygen atoms in total. The highest BCUT2D eigenvalue weighted by atomic mass is 35.5. The minimum atomic E-state index is 0. The van der Waals surface area contributed by atoms with Crippen molar-refractivity contribution in [1.29, 1.82) is 0 Å². The Morgan fingerprint density at radius 2 is 1.47 bits per heavy atom. The summed E-state index contributed by atoms with van der Waals surface area (Å²) in [5.41, 5.74) is 2.28. The van der Waals surface area contributed by atoms with E-state index in [0.29, 0.717) is 0 Å². The van der Waals surface area contributed by atoms with Crippen molar-refractivity contribution in [3.63, 3.8) is 0 Å². The summed E-state index contributed by atoms with van der Waals surface area (Å²) in [5, 5.41) is 0.771. The van der Waals surface area contributed by atoms with Crippen LogP contribution in [0.5, 0.6) is 0 Å². The monoisotopic (exact) mass is 292 g/mol. The molecule has 19 heavy (non-hydrogen) atoms. The summed E-state index contributed by atoms with van der Waals surface area (Å²) in [4.78, 5) is 2.13. The first-order valence-corrected chi connectivity index (χ1v) is 6.42. The molecule has 4 heteroatoms. The highest BCUT2D eigenvalue weighted by Gasteiger charge is 2.31. The van der Waals surface area contributed by atoms with Gasteiger partial charge in [-0.25, -0.2) is 9.48 Å². The normalized spacial score (nSPS) is 14.5. The Morgan fingerprint density at radius 3 is 2.11 bits per heavy atom. The van der Waals surface area contributed by atoms with Crippen molar-refractivity contribution in [2.45, 2.75) is 0 Å². The predicted molar refractivity (Wildman–Crippen MR) is 75.9 cm³/mol. The summed E-state index contributed by atoms with van der Waals surface area (Å²) in [6.07, 6.45) is 0. The second kappa shape index (κ2) is 6.09. The van der Waals surface area contributed by atoms with Gasteiger partial charge in [0.05, 0.1) is 0 Å². The van der Waals surface area contributed by atoms with E-state index in [1.807, 2.05) is 36.4 Å². The van der Waals surface area contributed by atoms with Crippen molar-refractivity contribution < 1.29 is 17.0 Å². The molecule has 0 bridgehead atoms. The van der Waals surface area contributed by atoms with Gasteiger partial charge in [0.2, 0.25) is 0 Å². The molecule has 98 valence electrons. The lowest BCUT2D eigenvalue weighted by Gasteiger charge is -2.07. The lowest BCUT2D eigenvalue weighted by molar-refractivity contribution is -0.426. The number of amidine groups is 1. The van der Waals surface area contributed by atoms with E-state index >= 15 is 0 Å². The van der Waals surface area contributed by atoms with Gasteiger partial charge in [0.25, 0.3) is 0 Å². The van der Waals surface area contributed by atoms with Gasteiger partial charge in [-0.3, -0.25) is 0 Å². The Balaban J connectivity index is 0.00000133. The molecule has 0 N–H and O–H groups in total. The molecule has 0 fully saturated rings. The maximum atomic E-state index is 6.48. The Bertz CT molecular complexity index is 567. The zero-order valence-electron chi connectivity index (χ0n) is 10.3. The maximum Gasteiger partial charge on any atom is 0.355 e. The van der Waals surface area contributed by atoms with E-state index in [1.54, 1.807) is 0 Å². The summed E-state index contributed by atoms with van der Waals surface area (Å²) >= 11 is 6.48. The summed E-state index contributed by atoms with van der Waals surface area (Å²) < 4.78 is 2.13. The van der Waals surface area contributed by atoms with Gasteiger partial charge < -0.3 is 12.4 Å². The van der Waals surface area contributed by atoms with Crippen LogP contribution >= 0.6 is 11.6 Å². The zero-order chi connectivity index (χ0) is 12.4. The van der Waals surface area contributed by atoms with Crippen molar-refractivity contribution in [2.75, 3.05) is 18.0 Å². The third-order valence-electron chi connectivity index (χ3n) is 3.13. The molecule has 0 atom stereocenters. The van der Waals surface area contributed by atoms with Crippen LogP contribution in [-0.2, 0) is 0 Å². The van der Waals surface area contributed by atoms with Crippen LogP contribution in [0.4, 0.5) is 11.4 Å². The summed E-state index contributed by atoms with van der Waals surface area (Å²) in [6, 6.07) is 20.5. The van der Waals surface area contributed by atoms with Gasteiger partial charge in [-0.2, -0.15) is 0 Å². The maximum absolute atomic E-state index is 6.48. The van der Waals surface area contributed by atoms with Crippen molar-refractivity contribution >= 4 is 28.3 Å². The molecule has 0 aliphatic carbocycles. The van der Waals surface area contributed by atoms with E-state index in [0.717, 1.165) is 29.8 Å². The number of hydrogen-bond acceptors (Lipinski definition) is 1. The number of halogens is 2. The molecule has 0 amide bonds. The first-order valence-electron chi connectivity index (χ1n) is 6.04. The van der Waals surface area contributed by atoms with E-state index in [4.69, 9.17) is 11.6 Å².